The lowest BCUT2D eigenvalue weighted by atomic mass is 9.76. The minimum Gasteiger partial charge on any atom is -0.472 e. The van der Waals surface area contributed by atoms with Gasteiger partial charge < -0.3 is 9.64 Å². The topological polar surface area (TPSA) is 36.3 Å². The van der Waals surface area contributed by atoms with Gasteiger partial charge in [-0.3, -0.25) is 0 Å². The third-order valence-electron chi connectivity index (χ3n) is 11.9. The Morgan fingerprint density at radius 2 is 1.35 bits per heavy atom. The van der Waals surface area contributed by atoms with Crippen LogP contribution in [-0.2, 0) is 11.0 Å². The molecule has 3 aliphatic rings. The Hall–Kier alpha value is -5.85. The van der Waals surface area contributed by atoms with Crippen LogP contribution in [0.25, 0.3) is 49.5 Å². The number of benzene rings is 7. The number of hydrogen-bond donors (Lipinski definition) is 0. The molecule has 0 radical (unpaired) electrons. The molecule has 1 aliphatic carbocycles. The number of nitrogens with zero attached hydrogens (tertiary/aromatic N) is 2. The molecule has 1 unspecified atom stereocenters. The molecule has 7 aromatic rings. The van der Waals surface area contributed by atoms with Crippen molar-refractivity contribution in [1.82, 2.24) is 0 Å². The van der Waals surface area contributed by atoms with Gasteiger partial charge in [-0.05, 0) is 105 Å². The summed E-state index contributed by atoms with van der Waals surface area (Å²) < 4.78 is 7.66. The molecule has 0 amide bonds. The summed E-state index contributed by atoms with van der Waals surface area (Å²) in [5, 5.41) is 17.0. The lowest BCUT2D eigenvalue weighted by Crippen LogP contribution is -2.35. The lowest BCUT2D eigenvalue weighted by Gasteiger charge is -2.39. The van der Waals surface area contributed by atoms with Gasteiger partial charge in [0.05, 0.1) is 11.6 Å². The summed E-state index contributed by atoms with van der Waals surface area (Å²) in [6.45, 7) is 6.79. The van der Waals surface area contributed by atoms with E-state index in [1.54, 1.807) is 0 Å². The van der Waals surface area contributed by atoms with Crippen molar-refractivity contribution in [2.75, 3.05) is 18.0 Å². The number of piperidine rings is 1. The molecule has 0 bridgehead atoms. The fourth-order valence-corrected chi connectivity index (χ4v) is 9.29. The van der Waals surface area contributed by atoms with E-state index in [0.29, 0.717) is 5.56 Å². The normalized spacial score (nSPS) is 18.6. The SMILES string of the molecule is CC1(C)c2cc(C#N)ccc2-c2c1c1c(c3ccccc23)OC(c2ccc(N3CCCCC3)cc2)(c2ccc3ccc4ccccc4c3c2)C=C1. The average Bonchev–Trinajstić information content (AvgIpc) is 3.43. The monoisotopic (exact) mass is 658 g/mol. The van der Waals surface area contributed by atoms with Gasteiger partial charge in [0.25, 0.3) is 0 Å². The van der Waals surface area contributed by atoms with Crippen LogP contribution in [-0.4, -0.2) is 13.1 Å². The Bertz CT molecular complexity index is 2640. The van der Waals surface area contributed by atoms with Crippen LogP contribution >= 0.6 is 0 Å². The Labute approximate surface area is 299 Å². The molecule has 3 nitrogen and oxygen atoms in total. The van der Waals surface area contributed by atoms with Gasteiger partial charge in [-0.25, -0.2) is 0 Å². The predicted octanol–water partition coefficient (Wildman–Crippen LogP) is 11.7. The van der Waals surface area contributed by atoms with Crippen molar-refractivity contribution in [3.8, 4) is 22.9 Å². The molecule has 51 heavy (non-hydrogen) atoms. The summed E-state index contributed by atoms with van der Waals surface area (Å²) in [4.78, 5) is 2.52. The van der Waals surface area contributed by atoms with Gasteiger partial charge in [0.15, 0.2) is 5.60 Å². The molecule has 7 aromatic carbocycles. The summed E-state index contributed by atoms with van der Waals surface area (Å²) in [5.74, 6) is 0.909. The second-order valence-electron chi connectivity index (χ2n) is 15.0. The number of hydrogen-bond acceptors (Lipinski definition) is 3. The van der Waals surface area contributed by atoms with Crippen LogP contribution < -0.4 is 9.64 Å². The first-order valence-corrected chi connectivity index (χ1v) is 18.3. The van der Waals surface area contributed by atoms with E-state index in [0.717, 1.165) is 40.9 Å². The largest absolute Gasteiger partial charge is 0.472 e. The molecule has 246 valence electrons. The smallest absolute Gasteiger partial charge is 0.178 e. The second kappa shape index (κ2) is 11.1. The standard InChI is InChI=1S/C48H38N2O/c1-47(2)43-28-31(30-49)14-23-40(43)44-38-12-6-7-13-39(38)46-41(45(44)47)24-25-48(51-46,34-19-21-36(22-20-34)50-26-8-3-9-27-50)35-18-17-33-16-15-32-10-4-5-11-37(32)42(33)29-35/h4-7,10-25,28-29H,3,8-9,26-27H2,1-2H3. The summed E-state index contributed by atoms with van der Waals surface area (Å²) in [7, 11) is 0. The molecule has 0 N–H and O–H groups in total. The number of nitriles is 1. The molecular weight excluding hydrogens is 621 g/mol. The van der Waals surface area contributed by atoms with Crippen LogP contribution in [0.5, 0.6) is 5.75 Å². The van der Waals surface area contributed by atoms with Gasteiger partial charge in [-0.1, -0.05) is 111 Å². The third kappa shape index (κ3) is 4.36. The Morgan fingerprint density at radius 3 is 2.14 bits per heavy atom. The van der Waals surface area contributed by atoms with Crippen molar-refractivity contribution in [3.05, 3.63) is 161 Å². The molecule has 0 aromatic heterocycles. The van der Waals surface area contributed by atoms with Gasteiger partial charge in [-0.2, -0.15) is 5.26 Å². The second-order valence-corrected chi connectivity index (χ2v) is 15.0. The van der Waals surface area contributed by atoms with Crippen LogP contribution in [0.4, 0.5) is 5.69 Å². The van der Waals surface area contributed by atoms with Crippen molar-refractivity contribution in [1.29, 1.82) is 5.26 Å². The van der Waals surface area contributed by atoms with Gasteiger partial charge in [0, 0.05) is 46.3 Å². The van der Waals surface area contributed by atoms with Gasteiger partial charge in [0.1, 0.15) is 5.75 Å². The summed E-state index contributed by atoms with van der Waals surface area (Å²) in [5.41, 5.74) is 9.01. The van der Waals surface area contributed by atoms with Crippen LogP contribution in [0.1, 0.15) is 66.5 Å². The van der Waals surface area contributed by atoms with Crippen LogP contribution in [0.3, 0.4) is 0 Å². The summed E-state index contributed by atoms with van der Waals surface area (Å²) in [6.07, 6.45) is 8.43. The number of fused-ring (bicyclic) bond motifs is 11. The summed E-state index contributed by atoms with van der Waals surface area (Å²) in [6, 6.07) is 46.3. The average molecular weight is 659 g/mol. The number of rotatable bonds is 3. The highest BCUT2D eigenvalue weighted by atomic mass is 16.5. The maximum absolute atomic E-state index is 9.83. The number of anilines is 1. The molecule has 2 heterocycles. The lowest BCUT2D eigenvalue weighted by molar-refractivity contribution is 0.163. The molecule has 2 aliphatic heterocycles. The van der Waals surface area contributed by atoms with E-state index >= 15 is 0 Å². The summed E-state index contributed by atoms with van der Waals surface area (Å²) >= 11 is 0. The molecule has 1 saturated heterocycles. The van der Waals surface area contributed by atoms with E-state index in [4.69, 9.17) is 4.74 Å². The first kappa shape index (κ1) is 30.0. The van der Waals surface area contributed by atoms with Crippen molar-refractivity contribution >= 4 is 44.1 Å². The molecular formula is C48H38N2O. The van der Waals surface area contributed by atoms with Crippen LogP contribution in [0.2, 0.25) is 0 Å². The van der Waals surface area contributed by atoms with E-state index in [-0.39, 0.29) is 5.41 Å². The Kier molecular flexibility index (Phi) is 6.52. The quantitative estimate of drug-likeness (QED) is 0.177. The highest BCUT2D eigenvalue weighted by molar-refractivity contribution is 6.09. The first-order valence-electron chi connectivity index (χ1n) is 18.3. The highest BCUT2D eigenvalue weighted by Gasteiger charge is 2.44. The zero-order valence-corrected chi connectivity index (χ0v) is 29.0. The first-order chi connectivity index (χ1) is 25.0. The fourth-order valence-electron chi connectivity index (χ4n) is 9.29. The molecule has 1 fully saturated rings. The predicted molar refractivity (Wildman–Crippen MR) is 211 cm³/mol. The van der Waals surface area contributed by atoms with Crippen LogP contribution in [0.15, 0.2) is 127 Å². The third-order valence-corrected chi connectivity index (χ3v) is 11.9. The molecule has 1 atom stereocenters. The fraction of sp³-hybridized carbons (Fsp3) is 0.188. The maximum atomic E-state index is 9.83. The zero-order chi connectivity index (χ0) is 34.3. The van der Waals surface area contributed by atoms with E-state index < -0.39 is 5.60 Å². The van der Waals surface area contributed by atoms with Crippen LogP contribution in [0, 0.1) is 11.3 Å². The van der Waals surface area contributed by atoms with Crippen molar-refractivity contribution in [2.45, 2.75) is 44.1 Å². The van der Waals surface area contributed by atoms with Gasteiger partial charge in [0.2, 0.25) is 0 Å². The minimum atomic E-state index is -0.862. The molecule has 10 rings (SSSR count). The van der Waals surface area contributed by atoms with Gasteiger partial charge >= 0.3 is 0 Å². The minimum absolute atomic E-state index is 0.322. The number of ether oxygens (including phenoxy) is 1. The molecule has 0 spiro atoms. The highest BCUT2D eigenvalue weighted by Crippen LogP contribution is 2.58. The molecule has 3 heteroatoms. The Morgan fingerprint density at radius 1 is 0.667 bits per heavy atom. The van der Waals surface area contributed by atoms with Crippen molar-refractivity contribution in [3.63, 3.8) is 0 Å². The van der Waals surface area contributed by atoms with Gasteiger partial charge in [-0.15, -0.1) is 0 Å². The van der Waals surface area contributed by atoms with E-state index in [1.165, 1.54) is 74.1 Å². The maximum Gasteiger partial charge on any atom is 0.178 e. The van der Waals surface area contributed by atoms with E-state index in [1.807, 2.05) is 6.07 Å². The molecule has 0 saturated carbocycles. The van der Waals surface area contributed by atoms with E-state index in [2.05, 4.69) is 152 Å². The Balaban J connectivity index is 1.22. The van der Waals surface area contributed by atoms with Crippen molar-refractivity contribution < 1.29 is 4.74 Å². The zero-order valence-electron chi connectivity index (χ0n) is 29.0. The van der Waals surface area contributed by atoms with Crippen molar-refractivity contribution in [2.24, 2.45) is 0 Å². The van der Waals surface area contributed by atoms with E-state index in [9.17, 15) is 5.26 Å².